The zero-order chi connectivity index (χ0) is 17.4. The van der Waals surface area contributed by atoms with Crippen LogP contribution < -0.4 is 5.32 Å². The van der Waals surface area contributed by atoms with Crippen molar-refractivity contribution in [2.24, 2.45) is 5.92 Å². The predicted octanol–water partition coefficient (Wildman–Crippen LogP) is 1.98. The molecule has 1 aliphatic carbocycles. The lowest BCUT2D eigenvalue weighted by molar-refractivity contribution is -0.123. The van der Waals surface area contributed by atoms with Crippen molar-refractivity contribution in [3.8, 4) is 0 Å². The van der Waals surface area contributed by atoms with Crippen molar-refractivity contribution in [2.45, 2.75) is 45.8 Å². The van der Waals surface area contributed by atoms with Crippen LogP contribution in [0.1, 0.15) is 41.7 Å². The minimum Gasteiger partial charge on any atom is -0.348 e. The summed E-state index contributed by atoms with van der Waals surface area (Å²) in [5.41, 5.74) is 2.47. The largest absolute Gasteiger partial charge is 0.348 e. The van der Waals surface area contributed by atoms with Crippen molar-refractivity contribution in [1.82, 2.24) is 25.0 Å². The third-order valence-corrected chi connectivity index (χ3v) is 5.23. The topological polar surface area (TPSA) is 63.1 Å². The van der Waals surface area contributed by atoms with Crippen LogP contribution >= 0.6 is 0 Å². The molecule has 1 atom stereocenters. The van der Waals surface area contributed by atoms with E-state index in [-0.39, 0.29) is 11.9 Å². The Morgan fingerprint density at radius 2 is 1.96 bits per heavy atom. The Balaban J connectivity index is 1.38. The van der Waals surface area contributed by atoms with Crippen molar-refractivity contribution in [3.63, 3.8) is 0 Å². The normalized spacial score (nSPS) is 18.6. The summed E-state index contributed by atoms with van der Waals surface area (Å²) in [6.45, 7) is 6.88. The molecule has 4 rings (SSSR count). The maximum atomic E-state index is 12.6. The first-order chi connectivity index (χ1) is 12.1. The molecule has 1 amide bonds. The number of hydrogen-bond acceptors (Lipinski definition) is 4. The van der Waals surface area contributed by atoms with Crippen LogP contribution in [0.2, 0.25) is 0 Å². The van der Waals surface area contributed by atoms with Gasteiger partial charge in [-0.2, -0.15) is 0 Å². The Hall–Kier alpha value is -2.21. The summed E-state index contributed by atoms with van der Waals surface area (Å²) in [5, 5.41) is 11.6. The molecule has 1 fully saturated rings. The first-order valence-electron chi connectivity index (χ1n) is 9.07. The first-order valence-corrected chi connectivity index (χ1v) is 9.07. The molecule has 2 heterocycles. The van der Waals surface area contributed by atoms with Crippen LogP contribution in [0.4, 0.5) is 0 Å². The molecule has 1 saturated carbocycles. The number of aromatic nitrogens is 3. The average molecular weight is 339 g/mol. The SMILES string of the molecule is Cc1ccc(C(NC(=O)CN2CCn3c(C)nnc3C2)C2CC2)cc1. The molecular formula is C19H25N5O. The Labute approximate surface area is 148 Å². The molecule has 6 nitrogen and oxygen atoms in total. The summed E-state index contributed by atoms with van der Waals surface area (Å²) in [5.74, 6) is 2.59. The highest BCUT2D eigenvalue weighted by molar-refractivity contribution is 5.78. The van der Waals surface area contributed by atoms with Gasteiger partial charge in [0.1, 0.15) is 11.6 Å². The van der Waals surface area contributed by atoms with E-state index >= 15 is 0 Å². The molecular weight excluding hydrogens is 314 g/mol. The number of hydrogen-bond donors (Lipinski definition) is 1. The van der Waals surface area contributed by atoms with Crippen LogP contribution in [-0.4, -0.2) is 38.7 Å². The van der Waals surface area contributed by atoms with Crippen LogP contribution in [0.3, 0.4) is 0 Å². The van der Waals surface area contributed by atoms with E-state index < -0.39 is 0 Å². The lowest BCUT2D eigenvalue weighted by Crippen LogP contribution is -2.42. The summed E-state index contributed by atoms with van der Waals surface area (Å²) in [6.07, 6.45) is 2.40. The summed E-state index contributed by atoms with van der Waals surface area (Å²) in [4.78, 5) is 14.8. The van der Waals surface area contributed by atoms with E-state index in [2.05, 4.69) is 56.2 Å². The minimum atomic E-state index is 0.0992. The molecule has 0 spiro atoms. The molecule has 0 radical (unpaired) electrons. The van der Waals surface area contributed by atoms with Crippen molar-refractivity contribution < 1.29 is 4.79 Å². The van der Waals surface area contributed by atoms with Crippen LogP contribution in [0.25, 0.3) is 0 Å². The molecule has 0 saturated heterocycles. The second-order valence-corrected chi connectivity index (χ2v) is 7.32. The highest BCUT2D eigenvalue weighted by Crippen LogP contribution is 2.41. The lowest BCUT2D eigenvalue weighted by Gasteiger charge is -2.28. The number of rotatable bonds is 5. The number of fused-ring (bicyclic) bond motifs is 1. The summed E-state index contributed by atoms with van der Waals surface area (Å²) >= 11 is 0. The molecule has 2 aliphatic rings. The standard InChI is InChI=1S/C19H25N5O/c1-13-3-5-15(6-4-13)19(16-7-8-16)20-18(25)12-23-9-10-24-14(2)21-22-17(24)11-23/h3-6,16,19H,7-12H2,1-2H3,(H,20,25). The van der Waals surface area contributed by atoms with Crippen molar-refractivity contribution in [3.05, 3.63) is 47.0 Å². The van der Waals surface area contributed by atoms with E-state index in [9.17, 15) is 4.79 Å². The number of carbonyl (C=O) groups is 1. The third-order valence-electron chi connectivity index (χ3n) is 5.23. The van der Waals surface area contributed by atoms with Crippen LogP contribution in [0.5, 0.6) is 0 Å². The van der Waals surface area contributed by atoms with Crippen LogP contribution in [-0.2, 0) is 17.9 Å². The van der Waals surface area contributed by atoms with Gasteiger partial charge in [0.2, 0.25) is 5.91 Å². The van der Waals surface area contributed by atoms with Gasteiger partial charge in [-0.15, -0.1) is 10.2 Å². The van der Waals surface area contributed by atoms with Crippen molar-refractivity contribution in [2.75, 3.05) is 13.1 Å². The molecule has 1 aromatic heterocycles. The fraction of sp³-hybridized carbons (Fsp3) is 0.526. The van der Waals surface area contributed by atoms with Gasteiger partial charge in [-0.3, -0.25) is 9.69 Å². The fourth-order valence-electron chi connectivity index (χ4n) is 3.59. The summed E-state index contributed by atoms with van der Waals surface area (Å²) in [6, 6.07) is 8.67. The molecule has 1 N–H and O–H groups in total. The molecule has 1 aromatic carbocycles. The Morgan fingerprint density at radius 1 is 1.20 bits per heavy atom. The van der Waals surface area contributed by atoms with Gasteiger partial charge in [-0.1, -0.05) is 29.8 Å². The molecule has 2 aromatic rings. The Bertz CT molecular complexity index is 763. The first kappa shape index (κ1) is 16.3. The second kappa shape index (κ2) is 6.59. The number of carbonyl (C=O) groups excluding carboxylic acids is 1. The van der Waals surface area contributed by atoms with Gasteiger partial charge in [0.05, 0.1) is 19.1 Å². The zero-order valence-corrected chi connectivity index (χ0v) is 14.9. The lowest BCUT2D eigenvalue weighted by atomic mass is 10.0. The maximum absolute atomic E-state index is 12.6. The smallest absolute Gasteiger partial charge is 0.234 e. The van der Waals surface area contributed by atoms with Crippen molar-refractivity contribution in [1.29, 1.82) is 0 Å². The monoisotopic (exact) mass is 339 g/mol. The van der Waals surface area contributed by atoms with E-state index in [1.54, 1.807) is 0 Å². The molecule has 6 heteroatoms. The van der Waals surface area contributed by atoms with E-state index in [1.807, 2.05) is 6.92 Å². The van der Waals surface area contributed by atoms with Gasteiger partial charge in [0, 0.05) is 13.1 Å². The Kier molecular flexibility index (Phi) is 4.29. The average Bonchev–Trinajstić information content (AvgIpc) is 3.38. The minimum absolute atomic E-state index is 0.0992. The number of nitrogens with one attached hydrogen (secondary N) is 1. The maximum Gasteiger partial charge on any atom is 0.234 e. The number of amides is 1. The third kappa shape index (κ3) is 3.58. The fourth-order valence-corrected chi connectivity index (χ4v) is 3.59. The molecule has 0 bridgehead atoms. The van der Waals surface area contributed by atoms with Gasteiger partial charge in [0.15, 0.2) is 0 Å². The van der Waals surface area contributed by atoms with Crippen LogP contribution in [0.15, 0.2) is 24.3 Å². The molecule has 1 unspecified atom stereocenters. The van der Waals surface area contributed by atoms with Crippen molar-refractivity contribution >= 4 is 5.91 Å². The zero-order valence-electron chi connectivity index (χ0n) is 14.9. The van der Waals surface area contributed by atoms with Gasteiger partial charge in [-0.05, 0) is 38.2 Å². The molecule has 1 aliphatic heterocycles. The summed E-state index contributed by atoms with van der Waals surface area (Å²) < 4.78 is 2.13. The van der Waals surface area contributed by atoms with E-state index in [4.69, 9.17) is 0 Å². The molecule has 25 heavy (non-hydrogen) atoms. The van der Waals surface area contributed by atoms with E-state index in [1.165, 1.54) is 24.0 Å². The van der Waals surface area contributed by atoms with Gasteiger partial charge >= 0.3 is 0 Å². The van der Waals surface area contributed by atoms with E-state index in [0.717, 1.165) is 24.7 Å². The number of aryl methyl sites for hydroxylation is 2. The van der Waals surface area contributed by atoms with Gasteiger partial charge in [-0.25, -0.2) is 0 Å². The molecule has 132 valence electrons. The summed E-state index contributed by atoms with van der Waals surface area (Å²) in [7, 11) is 0. The highest BCUT2D eigenvalue weighted by Gasteiger charge is 2.33. The second-order valence-electron chi connectivity index (χ2n) is 7.32. The van der Waals surface area contributed by atoms with E-state index in [0.29, 0.717) is 19.0 Å². The number of nitrogens with zero attached hydrogens (tertiary/aromatic N) is 4. The van der Waals surface area contributed by atoms with Crippen LogP contribution in [0, 0.1) is 19.8 Å². The van der Waals surface area contributed by atoms with Gasteiger partial charge in [0.25, 0.3) is 0 Å². The highest BCUT2D eigenvalue weighted by atomic mass is 16.2. The Morgan fingerprint density at radius 3 is 2.68 bits per heavy atom. The predicted molar refractivity (Wildman–Crippen MR) is 94.8 cm³/mol. The van der Waals surface area contributed by atoms with Gasteiger partial charge < -0.3 is 9.88 Å². The quantitative estimate of drug-likeness (QED) is 0.905. The number of benzene rings is 1.